The van der Waals surface area contributed by atoms with Gasteiger partial charge in [0.1, 0.15) is 0 Å². The third-order valence-electron chi connectivity index (χ3n) is 10.2. The number of fused-ring (bicyclic) bond motifs is 4. The maximum Gasteiger partial charge on any atom is -0.0114 e. The van der Waals surface area contributed by atoms with Gasteiger partial charge >= 0.3 is 41.9 Å². The van der Waals surface area contributed by atoms with Crippen LogP contribution < -0.4 is 17.5 Å². The van der Waals surface area contributed by atoms with E-state index in [0.717, 1.165) is 5.56 Å². The summed E-state index contributed by atoms with van der Waals surface area (Å²) >= 11 is 1.74. The molecule has 4 heteroatoms. The first-order valence-electron chi connectivity index (χ1n) is 19.8. The third kappa shape index (κ3) is 10.7. The molecule has 0 aliphatic rings. The second-order valence-corrected chi connectivity index (χ2v) is 26.3. The van der Waals surface area contributed by atoms with Gasteiger partial charge in [-0.25, -0.2) is 0 Å². The summed E-state index contributed by atoms with van der Waals surface area (Å²) in [5.74, 6) is 0.149. The SMILES string of the molecule is CC(C)(C)c1ccc([O-])c(C(C)(C)C)c1.C[Si](C)=[Zr+2].[Cl-].c1ccc2c(-c3cccc4[cH-]ccc34)cccc2c1.c1ccc2c(-c3cccc4[cH-]ccc34)cccc2c1. The van der Waals surface area contributed by atoms with Gasteiger partial charge in [-0.1, -0.05) is 173 Å². The molecule has 292 valence electrons. The van der Waals surface area contributed by atoms with Crippen LogP contribution in [0.3, 0.4) is 0 Å². The van der Waals surface area contributed by atoms with E-state index in [-0.39, 0.29) is 34.4 Å². The van der Waals surface area contributed by atoms with Gasteiger partial charge in [-0.3, -0.25) is 0 Å². The van der Waals surface area contributed by atoms with Gasteiger partial charge in [0.05, 0.1) is 0 Å². The molecule has 9 aromatic carbocycles. The van der Waals surface area contributed by atoms with Crippen LogP contribution in [0.5, 0.6) is 5.75 Å². The Morgan fingerprint density at radius 2 is 0.845 bits per heavy atom. The predicted molar refractivity (Wildman–Crippen MR) is 246 cm³/mol. The largest absolute Gasteiger partial charge is 1.00 e. The van der Waals surface area contributed by atoms with Crippen LogP contribution in [0.4, 0.5) is 0 Å². The molecule has 9 aromatic rings. The molecule has 0 bridgehead atoms. The summed E-state index contributed by atoms with van der Waals surface area (Å²) in [6, 6.07) is 61.9. The first kappa shape index (κ1) is 44.6. The molecule has 0 radical (unpaired) electrons. The molecule has 0 spiro atoms. The van der Waals surface area contributed by atoms with Gasteiger partial charge < -0.3 is 17.5 Å². The van der Waals surface area contributed by atoms with Crippen molar-refractivity contribution in [3.63, 3.8) is 0 Å². The van der Waals surface area contributed by atoms with Crippen LogP contribution in [0.2, 0.25) is 13.1 Å². The van der Waals surface area contributed by atoms with Gasteiger partial charge in [0, 0.05) is 0 Å². The second kappa shape index (κ2) is 19.5. The molecule has 0 saturated carbocycles. The first-order chi connectivity index (χ1) is 27.2. The predicted octanol–water partition coefficient (Wildman–Crippen LogP) is 11.9. The van der Waals surface area contributed by atoms with E-state index in [1.54, 1.807) is 29.4 Å². The van der Waals surface area contributed by atoms with Gasteiger partial charge in [0.25, 0.3) is 0 Å². The molecule has 0 aromatic heterocycles. The van der Waals surface area contributed by atoms with Crippen molar-refractivity contribution in [2.75, 3.05) is 0 Å². The fourth-order valence-electron chi connectivity index (χ4n) is 7.30. The third-order valence-corrected chi connectivity index (χ3v) is 10.2. The molecule has 9 rings (SSSR count). The Kier molecular flexibility index (Phi) is 15.0. The van der Waals surface area contributed by atoms with E-state index in [1.165, 1.54) is 70.9 Å². The van der Waals surface area contributed by atoms with Crippen molar-refractivity contribution in [1.82, 2.24) is 0 Å². The number of benzene rings is 7. The van der Waals surface area contributed by atoms with Crippen molar-refractivity contribution in [3.8, 4) is 28.0 Å². The van der Waals surface area contributed by atoms with Crippen molar-refractivity contribution in [1.29, 1.82) is 0 Å². The molecule has 58 heavy (non-hydrogen) atoms. The van der Waals surface area contributed by atoms with Crippen LogP contribution in [0.1, 0.15) is 52.7 Å². The minimum Gasteiger partial charge on any atom is -1.00 e. The van der Waals surface area contributed by atoms with Crippen molar-refractivity contribution in [3.05, 3.63) is 187 Å². The van der Waals surface area contributed by atoms with Gasteiger partial charge in [-0.05, 0) is 49.1 Å². The van der Waals surface area contributed by atoms with Gasteiger partial charge in [-0.2, -0.15) is 24.3 Å². The second-order valence-electron chi connectivity index (χ2n) is 16.9. The molecule has 0 amide bonds. The van der Waals surface area contributed by atoms with E-state index in [9.17, 15) is 5.11 Å². The van der Waals surface area contributed by atoms with Crippen LogP contribution in [-0.4, -0.2) is 5.43 Å². The minimum atomic E-state index is -0.0711. The molecule has 1 nitrogen and oxygen atoms in total. The van der Waals surface area contributed by atoms with Crippen LogP contribution in [0, 0.1) is 0 Å². The fraction of sp³-hybridized carbons (Fsp3) is 0.185. The van der Waals surface area contributed by atoms with E-state index in [0.29, 0.717) is 0 Å². The van der Waals surface area contributed by atoms with Crippen LogP contribution in [0.15, 0.2) is 176 Å². The number of rotatable bonds is 2. The smallest absolute Gasteiger partial charge is 0.0114 e. The van der Waals surface area contributed by atoms with Crippen LogP contribution in [0.25, 0.3) is 65.3 Å². The summed E-state index contributed by atoms with van der Waals surface area (Å²) in [5, 5.41) is 22.3. The van der Waals surface area contributed by atoms with Gasteiger partial charge in [0.15, 0.2) is 0 Å². The summed E-state index contributed by atoms with van der Waals surface area (Å²) < 4.78 is 0. The van der Waals surface area contributed by atoms with Crippen molar-refractivity contribution >= 4 is 48.5 Å². The fourth-order valence-corrected chi connectivity index (χ4v) is 7.30. The Labute approximate surface area is 367 Å². The Hall–Kier alpha value is -4.53. The first-order valence-corrected chi connectivity index (χ1v) is 26.0. The summed E-state index contributed by atoms with van der Waals surface area (Å²) in [5.41, 5.74) is 7.65. The van der Waals surface area contributed by atoms with Gasteiger partial charge in [-0.15, -0.1) is 63.7 Å². The summed E-state index contributed by atoms with van der Waals surface area (Å²) in [6.45, 7) is 17.4. The average Bonchev–Trinajstić information content (AvgIpc) is 3.88. The molecular formula is C54H53ClOSiZr-2. The Bertz CT molecular complexity index is 2610. The molecule has 0 atom stereocenters. The summed E-state index contributed by atoms with van der Waals surface area (Å²) in [4.78, 5) is 0. The molecule has 0 aliphatic carbocycles. The zero-order valence-electron chi connectivity index (χ0n) is 35.0. The summed E-state index contributed by atoms with van der Waals surface area (Å²) in [6.07, 6.45) is 0. The maximum atomic E-state index is 11.7. The van der Waals surface area contributed by atoms with Crippen molar-refractivity contribution in [2.45, 2.75) is 65.5 Å². The molecule has 0 unspecified atom stereocenters. The monoisotopic (exact) mass is 870 g/mol. The zero-order valence-corrected chi connectivity index (χ0v) is 39.2. The Morgan fingerprint density at radius 3 is 1.26 bits per heavy atom. The Balaban J connectivity index is 0.000000158. The zero-order chi connectivity index (χ0) is 40.7. The number of hydrogen-bond donors (Lipinski definition) is 0. The van der Waals surface area contributed by atoms with E-state index in [2.05, 4.69) is 218 Å². The number of halogens is 1. The van der Waals surface area contributed by atoms with Crippen LogP contribution >= 0.6 is 0 Å². The van der Waals surface area contributed by atoms with Gasteiger partial charge in [0.2, 0.25) is 0 Å². The Morgan fingerprint density at radius 1 is 0.466 bits per heavy atom. The van der Waals surface area contributed by atoms with Crippen molar-refractivity contribution < 1.29 is 40.8 Å². The molecule has 0 N–H and O–H groups in total. The minimum absolute atomic E-state index is 0. The maximum absolute atomic E-state index is 11.7. The van der Waals surface area contributed by atoms with E-state index < -0.39 is 0 Å². The molecule has 0 aliphatic heterocycles. The normalized spacial score (nSPS) is 11.1. The van der Waals surface area contributed by atoms with E-state index >= 15 is 0 Å². The molecule has 0 fully saturated rings. The van der Waals surface area contributed by atoms with E-state index in [4.69, 9.17) is 0 Å². The summed E-state index contributed by atoms with van der Waals surface area (Å²) in [7, 11) is 0. The molecular weight excluding hydrogens is 819 g/mol. The standard InChI is InChI=1S/2C19H13.C14H22O.C2H6Si.ClH.Zr/c2*1-2-10-16-14(6-1)8-4-12-18(16)19-13-5-9-15-7-3-11-17(15)19;1-13(2,3)10-7-8-12(15)11(9-10)14(4,5)6;1-3-2;;/h2*1-13H;7-9,15H,1-6H3;1-2H3;1H;/q2*-1;;;;+2/p-2. The molecule has 0 saturated heterocycles. The van der Waals surface area contributed by atoms with Crippen LogP contribution in [-0.2, 0) is 34.2 Å². The quantitative estimate of drug-likeness (QED) is 0.125. The van der Waals surface area contributed by atoms with E-state index in [1.807, 2.05) is 6.07 Å². The topological polar surface area (TPSA) is 23.1 Å². The average molecular weight is 873 g/mol. The van der Waals surface area contributed by atoms with Crippen molar-refractivity contribution in [2.24, 2.45) is 0 Å². The molecule has 0 heterocycles. The number of hydrogen-bond acceptors (Lipinski definition) is 1.